The first-order valence-electron chi connectivity index (χ1n) is 26.6. The average molecular weight is 942 g/mol. The Kier molecular flexibility index (Phi) is 45.6. The Bertz CT molecular complexity index is 1390. The van der Waals surface area contributed by atoms with Gasteiger partial charge in [-0.1, -0.05) is 220 Å². The van der Waals surface area contributed by atoms with Crippen molar-refractivity contribution in [3.63, 3.8) is 0 Å². The van der Waals surface area contributed by atoms with Crippen LogP contribution in [-0.4, -0.2) is 73.4 Å². The number of nitrogens with one attached hydrogen (secondary N) is 1. The van der Waals surface area contributed by atoms with E-state index in [0.717, 1.165) is 89.9 Å². The van der Waals surface area contributed by atoms with Crippen molar-refractivity contribution in [1.29, 1.82) is 0 Å². The topological polar surface area (TPSA) is 105 Å². The first-order chi connectivity index (χ1) is 32.0. The van der Waals surface area contributed by atoms with E-state index in [1.165, 1.54) is 89.9 Å². The molecule has 0 fully saturated rings. The minimum absolute atomic E-state index is 0.0701. The van der Waals surface area contributed by atoms with Crippen LogP contribution >= 0.6 is 7.82 Å². The van der Waals surface area contributed by atoms with Crippen LogP contribution < -0.4 is 5.32 Å². The zero-order valence-electron chi connectivity index (χ0n) is 43.1. The summed E-state index contributed by atoms with van der Waals surface area (Å²) in [5.41, 5.74) is 0. The molecule has 3 N–H and O–H groups in total. The molecule has 0 aromatic rings. The van der Waals surface area contributed by atoms with Gasteiger partial charge in [-0.05, 0) is 77.0 Å². The van der Waals surface area contributed by atoms with Gasteiger partial charge in [0, 0.05) is 6.42 Å². The van der Waals surface area contributed by atoms with Gasteiger partial charge in [0.2, 0.25) is 5.91 Å². The number of hydrogen-bond acceptors (Lipinski definition) is 5. The largest absolute Gasteiger partial charge is 0.472 e. The van der Waals surface area contributed by atoms with Crippen molar-refractivity contribution in [3.8, 4) is 0 Å². The van der Waals surface area contributed by atoms with Gasteiger partial charge in [-0.15, -0.1) is 0 Å². The van der Waals surface area contributed by atoms with Crippen LogP contribution in [-0.2, 0) is 18.4 Å². The summed E-state index contributed by atoms with van der Waals surface area (Å²) >= 11 is 0. The fourth-order valence-electron chi connectivity index (χ4n) is 7.18. The first-order valence-corrected chi connectivity index (χ1v) is 28.1. The van der Waals surface area contributed by atoms with Crippen molar-refractivity contribution in [1.82, 2.24) is 5.32 Å². The number of nitrogens with zero attached hydrogens (tertiary/aromatic N) is 1. The van der Waals surface area contributed by atoms with E-state index >= 15 is 0 Å². The van der Waals surface area contributed by atoms with E-state index in [9.17, 15) is 19.4 Å². The zero-order valence-corrected chi connectivity index (χ0v) is 44.0. The lowest BCUT2D eigenvalue weighted by atomic mass is 10.0. The molecule has 0 saturated heterocycles. The third kappa shape index (κ3) is 49.3. The van der Waals surface area contributed by atoms with Crippen molar-refractivity contribution in [3.05, 3.63) is 97.2 Å². The zero-order chi connectivity index (χ0) is 48.5. The van der Waals surface area contributed by atoms with E-state index in [1.54, 1.807) is 0 Å². The Hall–Kier alpha value is -2.58. The van der Waals surface area contributed by atoms with Crippen LogP contribution in [0.25, 0.3) is 0 Å². The summed E-state index contributed by atoms with van der Waals surface area (Å²) in [5, 5.41) is 13.9. The van der Waals surface area contributed by atoms with Crippen molar-refractivity contribution < 1.29 is 32.9 Å². The highest BCUT2D eigenvalue weighted by atomic mass is 31.2. The molecule has 0 aromatic heterocycles. The maximum atomic E-state index is 12.9. The molecule has 8 nitrogen and oxygen atoms in total. The fraction of sp³-hybridized carbons (Fsp3) is 0.702. The van der Waals surface area contributed by atoms with Gasteiger partial charge < -0.3 is 19.8 Å². The molecule has 1 amide bonds. The maximum Gasteiger partial charge on any atom is 0.472 e. The van der Waals surface area contributed by atoms with Gasteiger partial charge in [0.1, 0.15) is 13.2 Å². The number of aliphatic hydroxyl groups is 1. The minimum Gasteiger partial charge on any atom is -0.391 e. The molecule has 9 heteroatoms. The fourth-order valence-corrected chi connectivity index (χ4v) is 7.91. The molecule has 0 aliphatic rings. The van der Waals surface area contributed by atoms with Gasteiger partial charge in [0.25, 0.3) is 0 Å². The van der Waals surface area contributed by atoms with Crippen LogP contribution in [0, 0.1) is 0 Å². The summed E-state index contributed by atoms with van der Waals surface area (Å²) in [6.45, 7) is 4.71. The lowest BCUT2D eigenvalue weighted by Gasteiger charge is -2.26. The van der Waals surface area contributed by atoms with Crippen LogP contribution in [0.3, 0.4) is 0 Å². The highest BCUT2D eigenvalue weighted by Crippen LogP contribution is 2.43. The van der Waals surface area contributed by atoms with Crippen LogP contribution in [0.4, 0.5) is 0 Å². The molecule has 0 aliphatic heterocycles. The number of phosphoric ester groups is 1. The normalized spacial score (nSPS) is 14.8. The Morgan fingerprint density at radius 2 is 0.909 bits per heavy atom. The molecule has 0 radical (unpaired) electrons. The number of carbonyl (C=O) groups is 1. The maximum absolute atomic E-state index is 12.9. The SMILES string of the molecule is CC/C=C\C/C=C\C/C=C\C/C=C\C/C=C\C/C=C\C/C=C\C/C=C\CCCCCCCCCCCCCCC(=O)NC(COP(=O)(O)OCC[N+](C)(C)C)C(O)CCCCCCCCC. The highest BCUT2D eigenvalue weighted by molar-refractivity contribution is 7.47. The summed E-state index contributed by atoms with van der Waals surface area (Å²) < 4.78 is 23.6. The number of rotatable bonds is 47. The van der Waals surface area contributed by atoms with E-state index < -0.39 is 20.0 Å². The molecule has 3 unspecified atom stereocenters. The van der Waals surface area contributed by atoms with Gasteiger partial charge in [0.05, 0.1) is 39.9 Å². The molecule has 380 valence electrons. The minimum atomic E-state index is -4.31. The quantitative estimate of drug-likeness (QED) is 0.0243. The van der Waals surface area contributed by atoms with Crippen LogP contribution in [0.5, 0.6) is 0 Å². The number of quaternary nitrogens is 1. The van der Waals surface area contributed by atoms with E-state index in [4.69, 9.17) is 9.05 Å². The lowest BCUT2D eigenvalue weighted by molar-refractivity contribution is -0.870. The first kappa shape index (κ1) is 63.4. The number of hydrogen-bond donors (Lipinski definition) is 3. The second kappa shape index (κ2) is 47.5. The molecule has 0 spiro atoms. The summed E-state index contributed by atoms with van der Waals surface area (Å²) in [4.78, 5) is 23.1. The molecule has 0 heterocycles. The predicted octanol–water partition coefficient (Wildman–Crippen LogP) is 15.9. The van der Waals surface area contributed by atoms with E-state index in [1.807, 2.05) is 21.1 Å². The lowest BCUT2D eigenvalue weighted by Crippen LogP contribution is -2.46. The van der Waals surface area contributed by atoms with Crippen LogP contribution in [0.1, 0.15) is 206 Å². The molecular formula is C57H102N2O6P+. The van der Waals surface area contributed by atoms with Crippen molar-refractivity contribution in [2.24, 2.45) is 0 Å². The van der Waals surface area contributed by atoms with Gasteiger partial charge in [-0.3, -0.25) is 13.8 Å². The van der Waals surface area contributed by atoms with E-state index in [0.29, 0.717) is 23.9 Å². The van der Waals surface area contributed by atoms with Crippen molar-refractivity contribution in [2.75, 3.05) is 40.9 Å². The third-order valence-corrected chi connectivity index (χ3v) is 12.3. The number of unbranched alkanes of at least 4 members (excludes halogenated alkanes) is 18. The smallest absolute Gasteiger partial charge is 0.391 e. The Labute approximate surface area is 407 Å². The number of allylic oxidation sites excluding steroid dienone is 16. The predicted molar refractivity (Wildman–Crippen MR) is 286 cm³/mol. The highest BCUT2D eigenvalue weighted by Gasteiger charge is 2.28. The Balaban J connectivity index is 3.95. The Morgan fingerprint density at radius 1 is 0.530 bits per heavy atom. The molecule has 66 heavy (non-hydrogen) atoms. The van der Waals surface area contributed by atoms with Crippen LogP contribution in [0.15, 0.2) is 97.2 Å². The number of carbonyl (C=O) groups excluding carboxylic acids is 1. The molecule has 0 aliphatic carbocycles. The summed E-state index contributed by atoms with van der Waals surface area (Å²) in [6, 6.07) is -0.763. The molecule has 3 atom stereocenters. The van der Waals surface area contributed by atoms with E-state index in [2.05, 4.69) is 116 Å². The van der Waals surface area contributed by atoms with Crippen molar-refractivity contribution >= 4 is 13.7 Å². The van der Waals surface area contributed by atoms with E-state index in [-0.39, 0.29) is 19.1 Å². The molecule has 0 saturated carbocycles. The van der Waals surface area contributed by atoms with Crippen LogP contribution in [0.2, 0.25) is 0 Å². The monoisotopic (exact) mass is 942 g/mol. The van der Waals surface area contributed by atoms with Gasteiger partial charge in [0.15, 0.2) is 0 Å². The number of amides is 1. The summed E-state index contributed by atoms with van der Waals surface area (Å²) in [6.07, 6.45) is 67.7. The summed E-state index contributed by atoms with van der Waals surface area (Å²) in [7, 11) is 1.60. The molecule has 0 bridgehead atoms. The molecule has 0 rings (SSSR count). The van der Waals surface area contributed by atoms with Crippen molar-refractivity contribution in [2.45, 2.75) is 219 Å². The van der Waals surface area contributed by atoms with Gasteiger partial charge in [-0.25, -0.2) is 4.57 Å². The standard InChI is InChI=1S/C57H101N2O6P/c1-6-8-10-12-14-15-16-17-18-19-20-21-22-23-24-25-26-27-28-29-30-31-32-33-34-35-36-37-38-39-40-41-42-43-45-47-49-51-57(61)58-55(56(60)50-48-46-44-13-11-9-7-2)54-65-66(62,63)64-53-52-59(3,4)5/h8,10,14-15,17-18,20-21,23-24,26-27,29-30,32-33,55-56,60H,6-7,9,11-13,16,19,22,25,28,31,34-54H2,1-5H3,(H-,58,61,62,63)/p+1/b10-8-,15-14-,18-17-,21-20-,24-23-,27-26-,30-29-,33-32-. The molecular weight excluding hydrogens is 840 g/mol. The Morgan fingerprint density at radius 3 is 1.33 bits per heavy atom. The summed E-state index contributed by atoms with van der Waals surface area (Å²) in [5.74, 6) is -0.155. The molecule has 0 aromatic carbocycles. The third-order valence-electron chi connectivity index (χ3n) is 11.3. The van der Waals surface area contributed by atoms with Gasteiger partial charge in [-0.2, -0.15) is 0 Å². The average Bonchev–Trinajstić information content (AvgIpc) is 3.28. The number of likely N-dealkylation sites (N-methyl/N-ethyl adjacent to an activating group) is 1. The second-order valence-electron chi connectivity index (χ2n) is 18.9. The number of phosphoric acid groups is 1. The van der Waals surface area contributed by atoms with Gasteiger partial charge >= 0.3 is 7.82 Å². The number of aliphatic hydroxyl groups excluding tert-OH is 1. The second-order valence-corrected chi connectivity index (χ2v) is 20.3.